The molecule has 6 heteroatoms. The molecule has 140 valence electrons. The van der Waals surface area contributed by atoms with Gasteiger partial charge < -0.3 is 9.88 Å². The number of para-hydroxylation sites is 2. The molecule has 3 heterocycles. The van der Waals surface area contributed by atoms with Crippen LogP contribution in [0.3, 0.4) is 0 Å². The van der Waals surface area contributed by atoms with Crippen molar-refractivity contribution in [1.29, 1.82) is 0 Å². The fourth-order valence-electron chi connectivity index (χ4n) is 4.11. The molecule has 1 N–H and O–H groups in total. The summed E-state index contributed by atoms with van der Waals surface area (Å²) in [5, 5.41) is 4.14. The molecule has 1 aliphatic rings. The summed E-state index contributed by atoms with van der Waals surface area (Å²) in [4.78, 5) is 25.5. The highest BCUT2D eigenvalue weighted by Crippen LogP contribution is 2.40. The molecule has 0 radical (unpaired) electrons. The SMILES string of the molecule is Cc1ccc([C@H]2Nc3ccccc3-n3cc4c(=O)n(C)c(=O)n(C)c4c32)cc1. The summed E-state index contributed by atoms with van der Waals surface area (Å²) in [6.45, 7) is 2.05. The summed E-state index contributed by atoms with van der Waals surface area (Å²) in [6.07, 6.45) is 1.85. The lowest BCUT2D eigenvalue weighted by molar-refractivity contribution is 0.708. The average Bonchev–Trinajstić information content (AvgIpc) is 3.12. The van der Waals surface area contributed by atoms with Gasteiger partial charge in [0.05, 0.1) is 34.0 Å². The Hall–Kier alpha value is -3.54. The number of nitrogens with zero attached hydrogens (tertiary/aromatic N) is 3. The molecule has 5 rings (SSSR count). The first-order valence-electron chi connectivity index (χ1n) is 9.21. The Kier molecular flexibility index (Phi) is 3.40. The van der Waals surface area contributed by atoms with Crippen LogP contribution in [0.1, 0.15) is 22.9 Å². The summed E-state index contributed by atoms with van der Waals surface area (Å²) < 4.78 is 4.77. The van der Waals surface area contributed by atoms with Gasteiger partial charge in [-0.15, -0.1) is 0 Å². The predicted octanol–water partition coefficient (Wildman–Crippen LogP) is 2.85. The van der Waals surface area contributed by atoms with Crippen molar-refractivity contribution in [2.45, 2.75) is 13.0 Å². The van der Waals surface area contributed by atoms with E-state index < -0.39 is 0 Å². The van der Waals surface area contributed by atoms with Crippen molar-refractivity contribution in [2.75, 3.05) is 5.32 Å². The number of nitrogens with one attached hydrogen (secondary N) is 1. The van der Waals surface area contributed by atoms with E-state index in [1.807, 2.05) is 35.0 Å². The molecule has 28 heavy (non-hydrogen) atoms. The summed E-state index contributed by atoms with van der Waals surface area (Å²) in [6, 6.07) is 16.1. The van der Waals surface area contributed by atoms with Crippen molar-refractivity contribution in [3.8, 4) is 5.69 Å². The first kappa shape index (κ1) is 16.6. The molecule has 2 aromatic heterocycles. The van der Waals surface area contributed by atoms with E-state index in [0.717, 1.165) is 27.2 Å². The highest BCUT2D eigenvalue weighted by atomic mass is 16.2. The van der Waals surface area contributed by atoms with Crippen LogP contribution in [0.5, 0.6) is 0 Å². The van der Waals surface area contributed by atoms with Gasteiger partial charge in [0, 0.05) is 20.3 Å². The van der Waals surface area contributed by atoms with E-state index >= 15 is 0 Å². The van der Waals surface area contributed by atoms with Gasteiger partial charge in [0.15, 0.2) is 0 Å². The fourth-order valence-corrected chi connectivity index (χ4v) is 4.11. The van der Waals surface area contributed by atoms with E-state index in [0.29, 0.717) is 10.9 Å². The van der Waals surface area contributed by atoms with Crippen LogP contribution >= 0.6 is 0 Å². The highest BCUT2D eigenvalue weighted by molar-refractivity contribution is 5.86. The molecular formula is C22H20N4O2. The lowest BCUT2D eigenvalue weighted by Crippen LogP contribution is -2.37. The van der Waals surface area contributed by atoms with Crippen LogP contribution in [-0.2, 0) is 14.1 Å². The first-order chi connectivity index (χ1) is 13.5. The molecule has 0 amide bonds. The Labute approximate surface area is 161 Å². The number of aromatic nitrogens is 3. The van der Waals surface area contributed by atoms with E-state index in [-0.39, 0.29) is 17.3 Å². The number of hydrogen-bond donors (Lipinski definition) is 1. The molecule has 0 fully saturated rings. The van der Waals surface area contributed by atoms with Crippen molar-refractivity contribution < 1.29 is 0 Å². The predicted molar refractivity (Wildman–Crippen MR) is 110 cm³/mol. The normalized spacial score (nSPS) is 15.2. The van der Waals surface area contributed by atoms with Crippen LogP contribution < -0.4 is 16.6 Å². The Balaban J connectivity index is 1.93. The van der Waals surface area contributed by atoms with Gasteiger partial charge in [-0.05, 0) is 24.6 Å². The number of rotatable bonds is 1. The minimum atomic E-state index is -0.326. The van der Waals surface area contributed by atoms with Crippen LogP contribution in [-0.4, -0.2) is 13.7 Å². The molecule has 0 aliphatic carbocycles. The first-order valence-corrected chi connectivity index (χ1v) is 9.21. The summed E-state index contributed by atoms with van der Waals surface area (Å²) >= 11 is 0. The van der Waals surface area contributed by atoms with Crippen LogP contribution in [0.15, 0.2) is 64.3 Å². The third kappa shape index (κ3) is 2.14. The van der Waals surface area contributed by atoms with E-state index in [9.17, 15) is 9.59 Å². The van der Waals surface area contributed by atoms with Crippen LogP contribution in [0.25, 0.3) is 16.6 Å². The van der Waals surface area contributed by atoms with Crippen molar-refractivity contribution in [1.82, 2.24) is 13.7 Å². The second kappa shape index (κ2) is 5.73. The van der Waals surface area contributed by atoms with E-state index in [1.54, 1.807) is 11.6 Å². The highest BCUT2D eigenvalue weighted by Gasteiger charge is 2.30. The lowest BCUT2D eigenvalue weighted by atomic mass is 9.98. The number of fused-ring (bicyclic) bond motifs is 5. The molecule has 1 atom stereocenters. The lowest BCUT2D eigenvalue weighted by Gasteiger charge is -2.30. The van der Waals surface area contributed by atoms with Crippen LogP contribution in [0.4, 0.5) is 5.69 Å². The molecule has 2 aromatic carbocycles. The van der Waals surface area contributed by atoms with Crippen LogP contribution in [0.2, 0.25) is 0 Å². The molecule has 4 aromatic rings. The summed E-state index contributed by atoms with van der Waals surface area (Å²) in [5.41, 5.74) is 5.17. The van der Waals surface area contributed by atoms with E-state index in [4.69, 9.17) is 0 Å². The second-order valence-electron chi connectivity index (χ2n) is 7.36. The fraction of sp³-hybridized carbons (Fsp3) is 0.182. The van der Waals surface area contributed by atoms with Crippen LogP contribution in [0, 0.1) is 6.92 Å². The molecule has 6 nitrogen and oxygen atoms in total. The molecule has 0 unspecified atom stereocenters. The van der Waals surface area contributed by atoms with Gasteiger partial charge in [-0.25, -0.2) is 4.79 Å². The van der Waals surface area contributed by atoms with Gasteiger partial charge in [-0.2, -0.15) is 0 Å². The van der Waals surface area contributed by atoms with Crippen molar-refractivity contribution in [2.24, 2.45) is 14.1 Å². The topological polar surface area (TPSA) is 61.0 Å². The van der Waals surface area contributed by atoms with Gasteiger partial charge in [-0.3, -0.25) is 13.9 Å². The number of hydrogen-bond acceptors (Lipinski definition) is 3. The largest absolute Gasteiger partial charge is 0.371 e. The second-order valence-corrected chi connectivity index (χ2v) is 7.36. The minimum Gasteiger partial charge on any atom is -0.371 e. The summed E-state index contributed by atoms with van der Waals surface area (Å²) in [7, 11) is 3.24. The van der Waals surface area contributed by atoms with Crippen molar-refractivity contribution >= 4 is 16.6 Å². The smallest absolute Gasteiger partial charge is 0.331 e. The van der Waals surface area contributed by atoms with Gasteiger partial charge in [0.2, 0.25) is 0 Å². The zero-order valence-corrected chi connectivity index (χ0v) is 15.9. The molecule has 0 saturated heterocycles. The van der Waals surface area contributed by atoms with Crippen molar-refractivity contribution in [3.05, 3.63) is 92.4 Å². The molecule has 0 spiro atoms. The van der Waals surface area contributed by atoms with Crippen molar-refractivity contribution in [3.63, 3.8) is 0 Å². The van der Waals surface area contributed by atoms with Gasteiger partial charge in [0.25, 0.3) is 5.56 Å². The number of anilines is 1. The standard InChI is InChI=1S/C22H20N4O2/c1-13-8-10-14(11-9-13)18-20-19-15(21(27)25(3)22(28)24(19)2)12-26(20)17-7-5-4-6-16(17)23-18/h4-12,18,23H,1-3H3/t18-/m1/s1. The number of aryl methyl sites for hydroxylation is 2. The third-order valence-corrected chi connectivity index (χ3v) is 5.61. The maximum absolute atomic E-state index is 12.8. The zero-order chi connectivity index (χ0) is 19.6. The van der Waals surface area contributed by atoms with E-state index in [1.165, 1.54) is 12.6 Å². The quantitative estimate of drug-likeness (QED) is 0.559. The molecule has 0 saturated carbocycles. The third-order valence-electron chi connectivity index (χ3n) is 5.61. The summed E-state index contributed by atoms with van der Waals surface area (Å²) in [5.74, 6) is 0. The molecular weight excluding hydrogens is 352 g/mol. The van der Waals surface area contributed by atoms with Gasteiger partial charge in [0.1, 0.15) is 0 Å². The minimum absolute atomic E-state index is 0.175. The number of benzene rings is 2. The zero-order valence-electron chi connectivity index (χ0n) is 15.9. The van der Waals surface area contributed by atoms with Gasteiger partial charge in [-0.1, -0.05) is 42.0 Å². The Morgan fingerprint density at radius 3 is 2.39 bits per heavy atom. The monoisotopic (exact) mass is 372 g/mol. The maximum Gasteiger partial charge on any atom is 0.331 e. The van der Waals surface area contributed by atoms with Gasteiger partial charge >= 0.3 is 5.69 Å². The Bertz CT molecular complexity index is 1360. The van der Waals surface area contributed by atoms with E-state index in [2.05, 4.69) is 36.5 Å². The Morgan fingerprint density at radius 2 is 1.64 bits per heavy atom. The maximum atomic E-state index is 12.8. The Morgan fingerprint density at radius 1 is 0.929 bits per heavy atom. The molecule has 0 bridgehead atoms. The average molecular weight is 372 g/mol. The molecule has 1 aliphatic heterocycles.